The summed E-state index contributed by atoms with van der Waals surface area (Å²) in [7, 11) is 1.79. The van der Waals surface area contributed by atoms with Crippen molar-refractivity contribution in [3.05, 3.63) is 59.1 Å². The molecule has 152 valence electrons. The Bertz CT molecular complexity index is 1250. The standard InChI is InChI=1S/C20H15ClN4O4S/c1-25-18(16-9-12-8-13(21)4-7-15(12)29-16)23-24-20(25)30-10-17(26)22-14-5-2-11(3-6-14)19(27)28/h2-9H,10H2,1H3,(H,22,26)(H,27,28). The van der Waals surface area contributed by atoms with E-state index in [1.165, 1.54) is 23.9 Å². The van der Waals surface area contributed by atoms with Gasteiger partial charge in [0, 0.05) is 23.1 Å². The van der Waals surface area contributed by atoms with Gasteiger partial charge in [-0.3, -0.25) is 4.79 Å². The molecule has 2 N–H and O–H groups in total. The number of carbonyl (C=O) groups is 2. The number of nitrogens with zero attached hydrogens (tertiary/aromatic N) is 3. The number of amides is 1. The number of anilines is 1. The lowest BCUT2D eigenvalue weighted by molar-refractivity contribution is -0.113. The van der Waals surface area contributed by atoms with Gasteiger partial charge in [-0.15, -0.1) is 10.2 Å². The summed E-state index contributed by atoms with van der Waals surface area (Å²) in [4.78, 5) is 23.1. The molecule has 0 spiro atoms. The molecule has 1 amide bonds. The van der Waals surface area contributed by atoms with Crippen LogP contribution in [0.3, 0.4) is 0 Å². The summed E-state index contributed by atoms with van der Waals surface area (Å²) in [5.74, 6) is -0.0609. The van der Waals surface area contributed by atoms with Gasteiger partial charge >= 0.3 is 5.97 Å². The molecule has 2 heterocycles. The quantitative estimate of drug-likeness (QED) is 0.428. The Morgan fingerprint density at radius 3 is 2.67 bits per heavy atom. The van der Waals surface area contributed by atoms with Crippen molar-refractivity contribution in [2.45, 2.75) is 5.16 Å². The first-order valence-corrected chi connectivity index (χ1v) is 10.1. The first-order valence-electron chi connectivity index (χ1n) is 8.75. The maximum Gasteiger partial charge on any atom is 0.335 e. The van der Waals surface area contributed by atoms with Crippen LogP contribution in [-0.4, -0.2) is 37.5 Å². The third-order valence-electron chi connectivity index (χ3n) is 4.28. The third-order valence-corrected chi connectivity index (χ3v) is 5.54. The molecule has 0 bridgehead atoms. The molecular weight excluding hydrogens is 428 g/mol. The molecule has 2 aromatic heterocycles. The second kappa shape index (κ2) is 8.21. The molecule has 8 nitrogen and oxygen atoms in total. The number of carbonyl (C=O) groups excluding carboxylic acids is 1. The minimum atomic E-state index is -1.02. The van der Waals surface area contributed by atoms with Gasteiger partial charge in [0.15, 0.2) is 16.7 Å². The Morgan fingerprint density at radius 2 is 1.93 bits per heavy atom. The maximum atomic E-state index is 12.2. The van der Waals surface area contributed by atoms with Gasteiger partial charge in [-0.2, -0.15) is 0 Å². The van der Waals surface area contributed by atoms with Gasteiger partial charge in [0.25, 0.3) is 0 Å². The Balaban J connectivity index is 1.42. The predicted molar refractivity (Wildman–Crippen MR) is 114 cm³/mol. The molecule has 4 aromatic rings. The molecule has 10 heteroatoms. The van der Waals surface area contributed by atoms with E-state index in [1.807, 2.05) is 12.1 Å². The van der Waals surface area contributed by atoms with Crippen molar-refractivity contribution in [1.29, 1.82) is 0 Å². The molecule has 0 aliphatic carbocycles. The zero-order valence-corrected chi connectivity index (χ0v) is 17.2. The number of aromatic nitrogens is 3. The van der Waals surface area contributed by atoms with Gasteiger partial charge < -0.3 is 19.4 Å². The Labute approximate surface area is 179 Å². The van der Waals surface area contributed by atoms with Crippen LogP contribution in [0, 0.1) is 0 Å². The smallest absolute Gasteiger partial charge is 0.335 e. The number of hydrogen-bond donors (Lipinski definition) is 2. The number of aromatic carboxylic acids is 1. The monoisotopic (exact) mass is 442 g/mol. The summed E-state index contributed by atoms with van der Waals surface area (Å²) in [5.41, 5.74) is 1.37. The molecule has 0 radical (unpaired) electrons. The van der Waals surface area contributed by atoms with E-state index in [2.05, 4.69) is 15.5 Å². The minimum Gasteiger partial charge on any atom is -0.478 e. The largest absolute Gasteiger partial charge is 0.478 e. The van der Waals surface area contributed by atoms with Crippen LogP contribution in [0.5, 0.6) is 0 Å². The van der Waals surface area contributed by atoms with Gasteiger partial charge in [-0.1, -0.05) is 23.4 Å². The number of halogens is 1. The lowest BCUT2D eigenvalue weighted by atomic mass is 10.2. The number of fused-ring (bicyclic) bond motifs is 1. The molecule has 2 aromatic carbocycles. The minimum absolute atomic E-state index is 0.113. The SMILES string of the molecule is Cn1c(SCC(=O)Nc2ccc(C(=O)O)cc2)nnc1-c1cc2cc(Cl)ccc2o1. The van der Waals surface area contributed by atoms with E-state index in [9.17, 15) is 9.59 Å². The number of furan rings is 1. The van der Waals surface area contributed by atoms with Gasteiger partial charge in [0.2, 0.25) is 5.91 Å². The fourth-order valence-corrected chi connectivity index (χ4v) is 3.69. The average Bonchev–Trinajstić information content (AvgIpc) is 3.29. The van der Waals surface area contributed by atoms with Crippen LogP contribution in [0.2, 0.25) is 5.02 Å². The van der Waals surface area contributed by atoms with Crippen LogP contribution < -0.4 is 5.32 Å². The van der Waals surface area contributed by atoms with Crippen LogP contribution in [0.25, 0.3) is 22.6 Å². The highest BCUT2D eigenvalue weighted by Crippen LogP contribution is 2.30. The van der Waals surface area contributed by atoms with Crippen LogP contribution >= 0.6 is 23.4 Å². The highest BCUT2D eigenvalue weighted by atomic mass is 35.5. The van der Waals surface area contributed by atoms with Gasteiger partial charge in [0.05, 0.1) is 11.3 Å². The molecule has 0 aliphatic heterocycles. The lowest BCUT2D eigenvalue weighted by Gasteiger charge is -2.05. The number of thioether (sulfide) groups is 1. The second-order valence-corrected chi connectivity index (χ2v) is 7.76. The first kappa shape index (κ1) is 20.0. The number of rotatable bonds is 6. The molecular formula is C20H15ClN4O4S. The third kappa shape index (κ3) is 4.17. The lowest BCUT2D eigenvalue weighted by Crippen LogP contribution is -2.14. The van der Waals surface area contributed by atoms with E-state index < -0.39 is 5.97 Å². The maximum absolute atomic E-state index is 12.2. The van der Waals surface area contributed by atoms with E-state index in [1.54, 1.807) is 35.9 Å². The fourth-order valence-electron chi connectivity index (χ4n) is 2.80. The summed E-state index contributed by atoms with van der Waals surface area (Å²) in [5, 5.41) is 22.0. The molecule has 0 aliphatic rings. The number of hydrogen-bond acceptors (Lipinski definition) is 6. The summed E-state index contributed by atoms with van der Waals surface area (Å²) < 4.78 is 7.57. The Hall–Kier alpha value is -3.30. The molecule has 0 saturated heterocycles. The van der Waals surface area contributed by atoms with E-state index in [-0.39, 0.29) is 17.2 Å². The van der Waals surface area contributed by atoms with E-state index in [0.29, 0.717) is 33.0 Å². The van der Waals surface area contributed by atoms with Crippen molar-refractivity contribution in [2.24, 2.45) is 7.05 Å². The molecule has 0 saturated carbocycles. The Morgan fingerprint density at radius 1 is 1.17 bits per heavy atom. The fraction of sp³-hybridized carbons (Fsp3) is 0.100. The van der Waals surface area contributed by atoms with Crippen LogP contribution in [0.1, 0.15) is 10.4 Å². The van der Waals surface area contributed by atoms with Crippen LogP contribution in [-0.2, 0) is 11.8 Å². The van der Waals surface area contributed by atoms with Crippen LogP contribution in [0.15, 0.2) is 58.1 Å². The van der Waals surface area contributed by atoms with Crippen molar-refractivity contribution in [3.63, 3.8) is 0 Å². The predicted octanol–water partition coefficient (Wildman–Crippen LogP) is 4.31. The summed E-state index contributed by atoms with van der Waals surface area (Å²) in [6, 6.07) is 13.1. The summed E-state index contributed by atoms with van der Waals surface area (Å²) in [6.07, 6.45) is 0. The van der Waals surface area contributed by atoms with Crippen molar-refractivity contribution in [1.82, 2.24) is 14.8 Å². The highest BCUT2D eigenvalue weighted by molar-refractivity contribution is 7.99. The summed E-state index contributed by atoms with van der Waals surface area (Å²) >= 11 is 7.25. The number of benzene rings is 2. The normalized spacial score (nSPS) is 11.0. The molecule has 4 rings (SSSR count). The highest BCUT2D eigenvalue weighted by Gasteiger charge is 2.16. The van der Waals surface area contributed by atoms with Crippen molar-refractivity contribution in [3.8, 4) is 11.6 Å². The van der Waals surface area contributed by atoms with Gasteiger partial charge in [-0.25, -0.2) is 4.79 Å². The second-order valence-electron chi connectivity index (χ2n) is 6.38. The topological polar surface area (TPSA) is 110 Å². The van der Waals surface area contributed by atoms with Gasteiger partial charge in [-0.05, 0) is 48.5 Å². The molecule has 0 atom stereocenters. The zero-order valence-electron chi connectivity index (χ0n) is 15.6. The van der Waals surface area contributed by atoms with Crippen molar-refractivity contribution >= 4 is 51.9 Å². The van der Waals surface area contributed by atoms with Crippen LogP contribution in [0.4, 0.5) is 5.69 Å². The molecule has 0 fully saturated rings. The molecule has 30 heavy (non-hydrogen) atoms. The van der Waals surface area contributed by atoms with Crippen molar-refractivity contribution in [2.75, 3.05) is 11.1 Å². The van der Waals surface area contributed by atoms with E-state index in [0.717, 1.165) is 5.39 Å². The zero-order chi connectivity index (χ0) is 21.3. The molecule has 0 unspecified atom stereocenters. The first-order chi connectivity index (χ1) is 14.4. The van der Waals surface area contributed by atoms with Crippen molar-refractivity contribution < 1.29 is 19.1 Å². The average molecular weight is 443 g/mol. The summed E-state index contributed by atoms with van der Waals surface area (Å²) in [6.45, 7) is 0. The number of nitrogens with one attached hydrogen (secondary N) is 1. The number of carboxylic acids is 1. The Kier molecular flexibility index (Phi) is 5.47. The van der Waals surface area contributed by atoms with E-state index >= 15 is 0 Å². The van der Waals surface area contributed by atoms with Gasteiger partial charge in [0.1, 0.15) is 5.58 Å². The van der Waals surface area contributed by atoms with E-state index in [4.69, 9.17) is 21.1 Å². The number of carboxylic acid groups (broad SMARTS) is 1.